The number of benzene rings is 2. The Morgan fingerprint density at radius 1 is 0.914 bits per heavy atom. The molecule has 0 saturated heterocycles. The highest BCUT2D eigenvalue weighted by Gasteiger charge is 2.34. The van der Waals surface area contributed by atoms with Crippen molar-refractivity contribution in [2.24, 2.45) is 0 Å². The van der Waals surface area contributed by atoms with E-state index in [2.05, 4.69) is 12.2 Å². The third-order valence-corrected chi connectivity index (χ3v) is 5.71. The van der Waals surface area contributed by atoms with Crippen LogP contribution in [0, 0.1) is 0 Å². The number of hydrogen-bond acceptors (Lipinski definition) is 6. The number of rotatable bonds is 13. The van der Waals surface area contributed by atoms with Gasteiger partial charge in [-0.15, -0.1) is 0 Å². The van der Waals surface area contributed by atoms with E-state index in [1.165, 1.54) is 20.8 Å². The maximum absolute atomic E-state index is 11.9. The Balaban J connectivity index is 2.13. The molecule has 190 valence electrons. The van der Waals surface area contributed by atoms with Gasteiger partial charge >= 0.3 is 11.9 Å². The minimum atomic E-state index is -1.02. The third-order valence-electron chi connectivity index (χ3n) is 5.41. The van der Waals surface area contributed by atoms with Gasteiger partial charge in [0.2, 0.25) is 5.91 Å². The van der Waals surface area contributed by atoms with Crippen LogP contribution in [0.3, 0.4) is 0 Å². The molecular formula is C27H34ClNO6. The van der Waals surface area contributed by atoms with Gasteiger partial charge in [0.1, 0.15) is 24.5 Å². The van der Waals surface area contributed by atoms with Crippen LogP contribution >= 0.6 is 11.6 Å². The normalized spacial score (nSPS) is 11.0. The van der Waals surface area contributed by atoms with Gasteiger partial charge in [-0.05, 0) is 48.1 Å². The molecule has 0 saturated carbocycles. The first-order valence-corrected chi connectivity index (χ1v) is 12.1. The number of esters is 2. The van der Waals surface area contributed by atoms with E-state index in [0.29, 0.717) is 30.2 Å². The average Bonchev–Trinajstić information content (AvgIpc) is 2.81. The van der Waals surface area contributed by atoms with Crippen molar-refractivity contribution in [3.05, 3.63) is 53.1 Å². The summed E-state index contributed by atoms with van der Waals surface area (Å²) in [5.74, 6) is -0.589. The van der Waals surface area contributed by atoms with E-state index in [0.717, 1.165) is 29.5 Å². The second kappa shape index (κ2) is 13.7. The van der Waals surface area contributed by atoms with Crippen molar-refractivity contribution in [3.63, 3.8) is 0 Å². The van der Waals surface area contributed by atoms with Crippen molar-refractivity contribution in [2.75, 3.05) is 19.8 Å². The summed E-state index contributed by atoms with van der Waals surface area (Å²) in [5.41, 5.74) is 1.97. The first-order valence-electron chi connectivity index (χ1n) is 11.7. The standard InChI is InChI=1S/C27H34ClNO6/c1-5-6-15-33-26-12-11-24(16-25(26)28)23-9-7-22(8-10-23)13-14-27(29-19(2)30,17-34-20(3)31)18-35-21(4)32/h7-12,16H,5-6,13-15,17-18H2,1-4H3,(H,29,30). The first kappa shape index (κ1) is 28.2. The largest absolute Gasteiger partial charge is 0.492 e. The van der Waals surface area contributed by atoms with Crippen LogP contribution in [0.4, 0.5) is 0 Å². The van der Waals surface area contributed by atoms with Gasteiger partial charge in [-0.2, -0.15) is 0 Å². The number of ether oxygens (including phenoxy) is 3. The maximum atomic E-state index is 11.9. The van der Waals surface area contributed by atoms with Crippen LogP contribution in [0.5, 0.6) is 5.75 Å². The fourth-order valence-corrected chi connectivity index (χ4v) is 3.78. The molecule has 0 atom stereocenters. The van der Waals surface area contributed by atoms with Crippen molar-refractivity contribution in [2.45, 2.75) is 58.9 Å². The second-order valence-corrected chi connectivity index (χ2v) is 8.97. The monoisotopic (exact) mass is 503 g/mol. The Morgan fingerprint density at radius 2 is 1.51 bits per heavy atom. The predicted molar refractivity (Wildman–Crippen MR) is 135 cm³/mol. The maximum Gasteiger partial charge on any atom is 0.302 e. The number of hydrogen-bond donors (Lipinski definition) is 1. The van der Waals surface area contributed by atoms with Gasteiger partial charge in [0.15, 0.2) is 0 Å². The molecule has 1 amide bonds. The molecule has 0 aliphatic carbocycles. The summed E-state index contributed by atoms with van der Waals surface area (Å²) in [5, 5.41) is 3.39. The predicted octanol–water partition coefficient (Wildman–Crippen LogP) is 5.12. The molecule has 0 spiro atoms. The van der Waals surface area contributed by atoms with E-state index >= 15 is 0 Å². The second-order valence-electron chi connectivity index (χ2n) is 8.57. The molecule has 0 bridgehead atoms. The number of aryl methyl sites for hydroxylation is 1. The number of carbonyl (C=O) groups excluding carboxylic acids is 3. The number of nitrogens with one attached hydrogen (secondary N) is 1. The van der Waals surface area contributed by atoms with Gasteiger partial charge in [-0.1, -0.05) is 55.3 Å². The molecule has 8 heteroatoms. The van der Waals surface area contributed by atoms with Gasteiger partial charge in [-0.25, -0.2) is 0 Å². The molecule has 0 heterocycles. The van der Waals surface area contributed by atoms with E-state index in [4.69, 9.17) is 25.8 Å². The van der Waals surface area contributed by atoms with Crippen molar-refractivity contribution >= 4 is 29.4 Å². The van der Waals surface area contributed by atoms with E-state index < -0.39 is 17.5 Å². The van der Waals surface area contributed by atoms with Gasteiger partial charge in [0.05, 0.1) is 11.6 Å². The topological polar surface area (TPSA) is 90.9 Å². The highest BCUT2D eigenvalue weighted by molar-refractivity contribution is 6.32. The molecular weight excluding hydrogens is 470 g/mol. The van der Waals surface area contributed by atoms with Crippen LogP contribution in [-0.2, 0) is 30.3 Å². The van der Waals surface area contributed by atoms with Crippen molar-refractivity contribution in [1.82, 2.24) is 5.32 Å². The highest BCUT2D eigenvalue weighted by Crippen LogP contribution is 2.31. The minimum Gasteiger partial charge on any atom is -0.492 e. The minimum absolute atomic E-state index is 0.0988. The Hall–Kier alpha value is -3.06. The summed E-state index contributed by atoms with van der Waals surface area (Å²) in [7, 11) is 0. The summed E-state index contributed by atoms with van der Waals surface area (Å²) in [6.07, 6.45) is 3.00. The molecule has 0 aromatic heterocycles. The van der Waals surface area contributed by atoms with Crippen molar-refractivity contribution in [3.8, 4) is 16.9 Å². The fourth-order valence-electron chi connectivity index (χ4n) is 3.55. The fraction of sp³-hybridized carbons (Fsp3) is 0.444. The number of amides is 1. The highest BCUT2D eigenvalue weighted by atomic mass is 35.5. The van der Waals surface area contributed by atoms with Crippen LogP contribution in [0.2, 0.25) is 5.02 Å². The van der Waals surface area contributed by atoms with Crippen LogP contribution < -0.4 is 10.1 Å². The molecule has 0 unspecified atom stereocenters. The van der Waals surface area contributed by atoms with Gasteiger partial charge in [0, 0.05) is 20.8 Å². The molecule has 2 aromatic rings. The molecule has 1 N–H and O–H groups in total. The SMILES string of the molecule is CCCCOc1ccc(-c2ccc(CCC(COC(C)=O)(COC(C)=O)NC(C)=O)cc2)cc1Cl. The molecule has 35 heavy (non-hydrogen) atoms. The van der Waals surface area contributed by atoms with Gasteiger partial charge in [0.25, 0.3) is 0 Å². The quantitative estimate of drug-likeness (QED) is 0.301. The Morgan fingerprint density at radius 3 is 2.03 bits per heavy atom. The number of halogens is 1. The average molecular weight is 504 g/mol. The van der Waals surface area contributed by atoms with E-state index in [1.54, 1.807) is 0 Å². The molecule has 0 aliphatic heterocycles. The summed E-state index contributed by atoms with van der Waals surface area (Å²) >= 11 is 6.40. The summed E-state index contributed by atoms with van der Waals surface area (Å²) in [4.78, 5) is 34.7. The van der Waals surface area contributed by atoms with Crippen LogP contribution in [0.15, 0.2) is 42.5 Å². The number of carbonyl (C=O) groups is 3. The van der Waals surface area contributed by atoms with Crippen LogP contribution in [-0.4, -0.2) is 43.2 Å². The lowest BCUT2D eigenvalue weighted by Gasteiger charge is -2.33. The van der Waals surface area contributed by atoms with Crippen LogP contribution in [0.1, 0.15) is 52.5 Å². The molecule has 2 rings (SSSR count). The van der Waals surface area contributed by atoms with Gasteiger partial charge in [-0.3, -0.25) is 14.4 Å². The summed E-state index contributed by atoms with van der Waals surface area (Å²) in [6.45, 7) is 6.50. The lowest BCUT2D eigenvalue weighted by Crippen LogP contribution is -2.55. The van der Waals surface area contributed by atoms with Gasteiger partial charge < -0.3 is 19.5 Å². The van der Waals surface area contributed by atoms with Crippen LogP contribution in [0.25, 0.3) is 11.1 Å². The Bertz CT molecular complexity index is 987. The third kappa shape index (κ3) is 9.61. The number of unbranched alkanes of at least 4 members (excludes halogenated alkanes) is 1. The lowest BCUT2D eigenvalue weighted by molar-refractivity contribution is -0.150. The molecule has 7 nitrogen and oxygen atoms in total. The zero-order valence-corrected chi connectivity index (χ0v) is 21.6. The molecule has 0 aliphatic rings. The first-order chi connectivity index (χ1) is 16.6. The smallest absolute Gasteiger partial charge is 0.302 e. The zero-order chi connectivity index (χ0) is 25.8. The lowest BCUT2D eigenvalue weighted by atomic mass is 9.91. The van der Waals surface area contributed by atoms with Crippen molar-refractivity contribution < 1.29 is 28.6 Å². The van der Waals surface area contributed by atoms with E-state index in [1.807, 2.05) is 42.5 Å². The molecule has 0 fully saturated rings. The molecule has 0 radical (unpaired) electrons. The summed E-state index contributed by atoms with van der Waals surface area (Å²) in [6, 6.07) is 13.7. The zero-order valence-electron chi connectivity index (χ0n) is 20.8. The van der Waals surface area contributed by atoms with E-state index in [9.17, 15) is 14.4 Å². The van der Waals surface area contributed by atoms with Crippen molar-refractivity contribution in [1.29, 1.82) is 0 Å². The Kier molecular flexibility index (Phi) is 11.1. The molecule has 2 aromatic carbocycles. The van der Waals surface area contributed by atoms with E-state index in [-0.39, 0.29) is 19.1 Å². The Labute approximate surface area is 212 Å². The summed E-state index contributed by atoms with van der Waals surface area (Å²) < 4.78 is 16.1.